The smallest absolute Gasteiger partial charge is 0.243 e. The Kier molecular flexibility index (Phi) is 16.3. The molecule has 0 fully saturated rings. The van der Waals surface area contributed by atoms with Gasteiger partial charge in [-0.3, -0.25) is 19.8 Å². The zero-order valence-corrected chi connectivity index (χ0v) is 33.4. The van der Waals surface area contributed by atoms with Crippen molar-refractivity contribution >= 4 is 122 Å². The van der Waals surface area contributed by atoms with Gasteiger partial charge in [0.1, 0.15) is 57.1 Å². The van der Waals surface area contributed by atoms with Crippen LogP contribution in [0.25, 0.3) is 0 Å². The van der Waals surface area contributed by atoms with Crippen molar-refractivity contribution in [1.29, 1.82) is 5.41 Å². The molecule has 3 amide bonds. The van der Waals surface area contributed by atoms with Crippen LogP contribution in [0.1, 0.15) is 41.5 Å². The molecule has 52 heavy (non-hydrogen) atoms. The van der Waals surface area contributed by atoms with Crippen molar-refractivity contribution in [2.75, 3.05) is 19.6 Å². The first-order valence-electron chi connectivity index (χ1n) is 18.3. The lowest BCUT2D eigenvalue weighted by atomic mass is 9.28. The summed E-state index contributed by atoms with van der Waals surface area (Å²) in [5.74, 6) is -1.42. The van der Waals surface area contributed by atoms with Crippen LogP contribution in [0.3, 0.4) is 0 Å². The van der Waals surface area contributed by atoms with Crippen LogP contribution in [0.5, 0.6) is 5.75 Å². The van der Waals surface area contributed by atoms with Crippen LogP contribution in [-0.4, -0.2) is 137 Å². The summed E-state index contributed by atoms with van der Waals surface area (Å²) in [7, 11) is 18.8. The number of guanidine groups is 1. The summed E-state index contributed by atoms with van der Waals surface area (Å²) in [6.45, 7) is 4.81. The second kappa shape index (κ2) is 19.0. The molecule has 0 aliphatic carbocycles. The van der Waals surface area contributed by atoms with Crippen molar-refractivity contribution < 1.29 is 19.5 Å². The van der Waals surface area contributed by atoms with Crippen molar-refractivity contribution in [2.24, 2.45) is 17.2 Å². The van der Waals surface area contributed by atoms with Gasteiger partial charge in [0.25, 0.3) is 0 Å². The average molecular weight is 703 g/mol. The number of nitrogens with two attached hydrogens (primary N) is 3. The molecule has 0 aliphatic heterocycles. The molecule has 3 atom stereocenters. The van der Waals surface area contributed by atoms with E-state index in [-0.39, 0.29) is 29.3 Å². The Balaban J connectivity index is 2.42. The number of nitrogens with one attached hydrogen (secondary N) is 5. The van der Waals surface area contributed by atoms with E-state index >= 15 is 0 Å². The van der Waals surface area contributed by atoms with Crippen molar-refractivity contribution in [3.63, 3.8) is 0 Å². The number of phenols is 1. The zero-order chi connectivity index (χ0) is 39.7. The molecule has 0 bridgehead atoms. The van der Waals surface area contributed by atoms with Crippen molar-refractivity contribution in [3.05, 3.63) is 34.4 Å². The normalized spacial score (nSPS) is 13.4. The number of aromatic hydroxyl groups is 1. The number of carbonyl (C=O) groups is 3. The summed E-state index contributed by atoms with van der Waals surface area (Å²) in [6.07, 6.45) is 1.84. The molecule has 0 aromatic heterocycles. The van der Waals surface area contributed by atoms with Crippen LogP contribution in [0, 0.1) is 19.3 Å². The van der Waals surface area contributed by atoms with Gasteiger partial charge in [0.15, 0.2) is 5.96 Å². The molecule has 12 nitrogen and oxygen atoms in total. The van der Waals surface area contributed by atoms with E-state index in [0.717, 1.165) is 16.7 Å². The maximum atomic E-state index is 14.3. The largest absolute Gasteiger partial charge is 0.508 e. The topological polar surface area (TPSA) is 221 Å². The highest BCUT2D eigenvalue weighted by atomic mass is 16.3. The van der Waals surface area contributed by atoms with Gasteiger partial charge >= 0.3 is 0 Å². The standard InChI is InChI=1S/C31H57B9N8O4/c1-13-8-15(49)9-14(2)17(13)10-19(47-26(50)18(42)4-3-6-46-29(43)44)28(52)48-20(11-30(37,38)31(39,40)12-41)27(51)45-7-5-16-21(32)23(34)25(36)24(35)22(16)33/h8-9,18-20,49H,3-7,10-12,32-42H2,1-2H3,(H,45,51)(H,47,50)(H,48,52)(H4,43,44,46)/t18-,19+,20+/m1/s1. The predicted octanol–water partition coefficient (Wildman–Crippen LogP) is -12.1. The summed E-state index contributed by atoms with van der Waals surface area (Å²) in [6, 6.07) is 0.308. The number of aryl methyl sites for hydroxylation is 2. The first kappa shape index (κ1) is 44.6. The number of rotatable bonds is 18. The quantitative estimate of drug-likeness (QED) is 0.0314. The Morgan fingerprint density at radius 1 is 0.788 bits per heavy atom. The Morgan fingerprint density at radius 2 is 1.31 bits per heavy atom. The summed E-state index contributed by atoms with van der Waals surface area (Å²) in [5.41, 5.74) is 27.5. The Bertz CT molecular complexity index is 1600. The van der Waals surface area contributed by atoms with Crippen molar-refractivity contribution in [3.8, 4) is 5.75 Å². The third-order valence-corrected chi connectivity index (χ3v) is 11.6. The first-order chi connectivity index (χ1) is 24.0. The van der Waals surface area contributed by atoms with Crippen LogP contribution in [0.4, 0.5) is 0 Å². The minimum Gasteiger partial charge on any atom is -0.508 e. The lowest BCUT2D eigenvalue weighted by Crippen LogP contribution is -2.58. The molecule has 0 unspecified atom stereocenters. The van der Waals surface area contributed by atoms with Gasteiger partial charge in [-0.2, -0.15) is 0 Å². The summed E-state index contributed by atoms with van der Waals surface area (Å²) >= 11 is 0. The summed E-state index contributed by atoms with van der Waals surface area (Å²) < 4.78 is 0. The van der Waals surface area contributed by atoms with E-state index in [9.17, 15) is 19.5 Å². The molecule has 2 aromatic carbocycles. The van der Waals surface area contributed by atoms with E-state index in [1.807, 2.05) is 45.2 Å². The maximum Gasteiger partial charge on any atom is 0.243 e. The number of hydrogen-bond donors (Lipinski definition) is 9. The zero-order valence-electron chi connectivity index (χ0n) is 33.4. The second-order valence-electron chi connectivity index (χ2n) is 15.8. The highest BCUT2D eigenvalue weighted by Gasteiger charge is 2.40. The van der Waals surface area contributed by atoms with Crippen LogP contribution in [0.15, 0.2) is 12.1 Å². The lowest BCUT2D eigenvalue weighted by Gasteiger charge is -2.43. The van der Waals surface area contributed by atoms with Gasteiger partial charge in [-0.05, 0) is 74.9 Å². The maximum absolute atomic E-state index is 14.3. The van der Waals surface area contributed by atoms with Gasteiger partial charge in [-0.1, -0.05) is 26.9 Å². The van der Waals surface area contributed by atoms with Crippen LogP contribution in [-0.2, 0) is 27.2 Å². The van der Waals surface area contributed by atoms with E-state index < -0.39 is 35.2 Å². The van der Waals surface area contributed by atoms with Crippen molar-refractivity contribution in [2.45, 2.75) is 74.5 Å². The van der Waals surface area contributed by atoms with Gasteiger partial charge < -0.3 is 43.6 Å². The molecule has 2 rings (SSSR count). The highest BCUT2D eigenvalue weighted by Crippen LogP contribution is 2.44. The molecular weight excluding hydrogens is 646 g/mol. The molecule has 12 N–H and O–H groups in total. The molecule has 0 saturated carbocycles. The number of hydrogen-bond acceptors (Lipinski definition) is 7. The minimum atomic E-state index is -1.07. The number of phenolic OH excluding ortho intramolecular Hbond substituents is 1. The van der Waals surface area contributed by atoms with Gasteiger partial charge in [-0.15, -0.1) is 16.4 Å². The monoisotopic (exact) mass is 705 g/mol. The Labute approximate surface area is 318 Å². The SMILES string of the molecule is Bc1c(B)c(B)c(CCNC(=O)[C@H](CC(B)(B)C(B)(B)CN)NC(=O)[C@H](Cc2c(C)cc(O)cc2C)NC(=O)[C@H](N)CCCNC(=N)N)c(B)c1B. The molecule has 0 saturated heterocycles. The fourth-order valence-electron chi connectivity index (χ4n) is 6.59. The van der Waals surface area contributed by atoms with Gasteiger partial charge in [0, 0.05) is 19.5 Å². The Morgan fingerprint density at radius 3 is 1.83 bits per heavy atom. The van der Waals surface area contributed by atoms with Crippen LogP contribution >= 0.6 is 0 Å². The number of benzene rings is 2. The van der Waals surface area contributed by atoms with E-state index in [0.29, 0.717) is 45.3 Å². The van der Waals surface area contributed by atoms with E-state index in [1.54, 1.807) is 12.1 Å². The molecule has 0 spiro atoms. The Hall–Kier alpha value is -3.58. The second-order valence-corrected chi connectivity index (χ2v) is 15.8. The third-order valence-electron chi connectivity index (χ3n) is 11.6. The van der Waals surface area contributed by atoms with E-state index in [2.05, 4.69) is 60.5 Å². The molecule has 0 radical (unpaired) electrons. The molecule has 0 aliphatic rings. The minimum absolute atomic E-state index is 0.104. The highest BCUT2D eigenvalue weighted by molar-refractivity contribution is 6.67. The molecular formula is C31H57B9N8O4. The van der Waals surface area contributed by atoms with Gasteiger partial charge in [0.05, 0.1) is 37.4 Å². The van der Waals surface area contributed by atoms with Gasteiger partial charge in [0.2, 0.25) is 17.7 Å². The molecule has 272 valence electrons. The summed E-state index contributed by atoms with van der Waals surface area (Å²) in [4.78, 5) is 41.7. The lowest BCUT2D eigenvalue weighted by molar-refractivity contribution is -0.132. The first-order valence-corrected chi connectivity index (χ1v) is 18.3. The number of carbonyl (C=O) groups excluding carboxylic acids is 3. The summed E-state index contributed by atoms with van der Waals surface area (Å²) in [5, 5.41) is 28.3. The van der Waals surface area contributed by atoms with E-state index in [1.165, 1.54) is 32.9 Å². The molecule has 21 heteroatoms. The van der Waals surface area contributed by atoms with Crippen LogP contribution in [0.2, 0.25) is 10.4 Å². The third kappa shape index (κ3) is 11.7. The molecule has 2 aromatic rings. The van der Waals surface area contributed by atoms with Crippen LogP contribution < -0.4 is 65.8 Å². The molecule has 0 heterocycles. The predicted molar refractivity (Wildman–Crippen MR) is 240 cm³/mol. The number of amides is 3. The fourth-order valence-corrected chi connectivity index (χ4v) is 6.59. The van der Waals surface area contributed by atoms with Crippen molar-refractivity contribution in [1.82, 2.24) is 21.3 Å². The van der Waals surface area contributed by atoms with E-state index in [4.69, 9.17) is 22.6 Å². The van der Waals surface area contributed by atoms with Gasteiger partial charge in [-0.25, -0.2) is 0 Å². The average Bonchev–Trinajstić information content (AvgIpc) is 3.06. The fraction of sp³-hybridized carbons (Fsp3) is 0.484.